The van der Waals surface area contributed by atoms with Gasteiger partial charge >= 0.3 is 0 Å². The van der Waals surface area contributed by atoms with Gasteiger partial charge in [0.1, 0.15) is 15.5 Å². The van der Waals surface area contributed by atoms with Gasteiger partial charge in [-0.15, -0.1) is 15.3 Å². The molecular formula is C26H20N6Na2O7S2. The summed E-state index contributed by atoms with van der Waals surface area (Å²) >= 11 is 0. The number of phenols is 1. The molecule has 43 heavy (non-hydrogen) atoms. The number of azo groups is 2. The third-order valence-electron chi connectivity index (χ3n) is 6.04. The van der Waals surface area contributed by atoms with Crippen LogP contribution in [-0.2, 0) is 20.2 Å². The quantitative estimate of drug-likeness (QED) is 0.0690. The fraction of sp³-hybridized carbons (Fsp3) is 0. The van der Waals surface area contributed by atoms with Crippen LogP contribution >= 0.6 is 0 Å². The third-order valence-corrected chi connectivity index (χ3v) is 7.81. The van der Waals surface area contributed by atoms with Crippen LogP contribution < -0.4 is 11.5 Å². The van der Waals surface area contributed by atoms with Crippen LogP contribution in [0.5, 0.6) is 5.75 Å². The Labute approximate surface area is 289 Å². The molecule has 0 aliphatic rings. The number of nitrogens with zero attached hydrogens (tertiary/aromatic N) is 4. The predicted molar refractivity (Wildman–Crippen MR) is 164 cm³/mol. The first-order valence-corrected chi connectivity index (χ1v) is 14.5. The number of nitrogens with two attached hydrogens (primary N) is 2. The van der Waals surface area contributed by atoms with Gasteiger partial charge in [0.25, 0.3) is 20.2 Å². The number of benzene rings is 5. The minimum Gasteiger partial charge on any atom is -0.505 e. The molecule has 5 aromatic carbocycles. The first-order valence-electron chi connectivity index (χ1n) is 11.6. The monoisotopic (exact) mass is 638 g/mol. The maximum atomic E-state index is 12.1. The Morgan fingerprint density at radius 3 is 1.77 bits per heavy atom. The second kappa shape index (κ2) is 13.4. The summed E-state index contributed by atoms with van der Waals surface area (Å²) in [4.78, 5) is -1.15. The number of rotatable bonds is 6. The van der Waals surface area contributed by atoms with E-state index < -0.39 is 41.5 Å². The van der Waals surface area contributed by atoms with Crippen molar-refractivity contribution in [3.05, 3.63) is 78.9 Å². The molecule has 0 heterocycles. The average Bonchev–Trinajstić information content (AvgIpc) is 2.91. The largest absolute Gasteiger partial charge is 0.505 e. The molecule has 5 rings (SSSR count). The van der Waals surface area contributed by atoms with E-state index in [2.05, 4.69) is 20.5 Å². The fourth-order valence-corrected chi connectivity index (χ4v) is 5.42. The molecule has 7 N–H and O–H groups in total. The van der Waals surface area contributed by atoms with Gasteiger partial charge in [0, 0.05) is 81.0 Å². The van der Waals surface area contributed by atoms with Crippen LogP contribution in [0, 0.1) is 0 Å². The Hall–Kier alpha value is -2.96. The molecule has 0 aromatic heterocycles. The van der Waals surface area contributed by atoms with Crippen molar-refractivity contribution in [3.63, 3.8) is 0 Å². The Kier molecular flexibility index (Phi) is 10.7. The minimum absolute atomic E-state index is 0. The van der Waals surface area contributed by atoms with Crippen molar-refractivity contribution >= 4 is 135 Å². The van der Waals surface area contributed by atoms with E-state index in [-0.39, 0.29) is 86.9 Å². The third kappa shape index (κ3) is 7.41. The summed E-state index contributed by atoms with van der Waals surface area (Å²) in [5, 5.41) is 28.8. The molecule has 17 heteroatoms. The standard InChI is InChI=1S/C26H20N6O7S2.2Na/c27-15-5-7-17-14(11-15)12-24(41(37,38)39)25(26(17)33)32-31-22-10-9-21(18-3-1-2-4-19(18)22)30-29-16-6-8-20(28)23(13-16)40(34,35)36;;/h1-13,33H,27-28H2,(H,34,35,36)(H,37,38,39);;. The maximum absolute atomic E-state index is 12.1. The summed E-state index contributed by atoms with van der Waals surface area (Å²) in [5.41, 5.74) is 11.9. The van der Waals surface area contributed by atoms with Crippen molar-refractivity contribution in [1.82, 2.24) is 0 Å². The molecular weight excluding hydrogens is 618 g/mol. The zero-order valence-corrected chi connectivity index (χ0v) is 28.4. The van der Waals surface area contributed by atoms with Gasteiger partial charge in [-0.1, -0.05) is 24.3 Å². The van der Waals surface area contributed by atoms with Crippen LogP contribution in [0.1, 0.15) is 0 Å². The van der Waals surface area contributed by atoms with Gasteiger partial charge in [-0.2, -0.15) is 21.9 Å². The zero-order valence-electron chi connectivity index (χ0n) is 22.7. The van der Waals surface area contributed by atoms with Crippen LogP contribution in [0.4, 0.5) is 34.1 Å². The first kappa shape index (κ1) is 34.5. The first-order chi connectivity index (χ1) is 19.3. The van der Waals surface area contributed by atoms with Crippen molar-refractivity contribution in [2.45, 2.75) is 9.79 Å². The van der Waals surface area contributed by atoms with E-state index in [1.807, 2.05) is 0 Å². The van der Waals surface area contributed by atoms with Gasteiger partial charge in [-0.3, -0.25) is 9.11 Å². The second-order valence-electron chi connectivity index (χ2n) is 8.77. The SMILES string of the molecule is Nc1ccc2c(O)c(N=Nc3ccc(N=Nc4ccc(N)c(S(=O)(=O)O)c4)c4ccccc34)c(S(=O)(=O)O)cc2c1.[Na].[Na]. The molecule has 2 radical (unpaired) electrons. The van der Waals surface area contributed by atoms with E-state index in [0.717, 1.165) is 12.1 Å². The topological polar surface area (TPSA) is 230 Å². The second-order valence-corrected chi connectivity index (χ2v) is 11.6. The van der Waals surface area contributed by atoms with Crippen LogP contribution in [0.25, 0.3) is 21.5 Å². The van der Waals surface area contributed by atoms with E-state index in [1.54, 1.807) is 30.3 Å². The van der Waals surface area contributed by atoms with Gasteiger partial charge in [0.2, 0.25) is 0 Å². The summed E-state index contributed by atoms with van der Waals surface area (Å²) in [6.45, 7) is 0. The van der Waals surface area contributed by atoms with Crippen LogP contribution in [-0.4, -0.2) is 90.2 Å². The molecule has 0 aliphatic carbocycles. The van der Waals surface area contributed by atoms with E-state index >= 15 is 0 Å². The summed E-state index contributed by atoms with van der Waals surface area (Å²) in [7, 11) is -9.37. The van der Waals surface area contributed by atoms with Gasteiger partial charge in [0.05, 0.1) is 22.7 Å². The number of phenolic OH excluding ortho intramolecular Hbond substituents is 1. The zero-order chi connectivity index (χ0) is 29.5. The number of hydrogen-bond acceptors (Lipinski definition) is 11. The van der Waals surface area contributed by atoms with E-state index in [0.29, 0.717) is 22.1 Å². The van der Waals surface area contributed by atoms with E-state index in [9.17, 15) is 31.0 Å². The molecule has 0 aliphatic heterocycles. The average molecular weight is 639 g/mol. The van der Waals surface area contributed by atoms with Crippen LogP contribution in [0.2, 0.25) is 0 Å². The van der Waals surface area contributed by atoms with E-state index in [4.69, 9.17) is 11.5 Å². The summed E-state index contributed by atoms with van der Waals surface area (Å²) in [5.74, 6) is -0.513. The van der Waals surface area contributed by atoms with Crippen molar-refractivity contribution in [2.24, 2.45) is 20.5 Å². The fourth-order valence-electron chi connectivity index (χ4n) is 4.13. The summed E-state index contributed by atoms with van der Waals surface area (Å²) < 4.78 is 66.5. The Morgan fingerprint density at radius 2 is 1.19 bits per heavy atom. The maximum Gasteiger partial charge on any atom is 0.296 e. The smallest absolute Gasteiger partial charge is 0.296 e. The number of nitrogen functional groups attached to an aromatic ring is 2. The molecule has 0 bridgehead atoms. The van der Waals surface area contributed by atoms with Crippen LogP contribution in [0.3, 0.4) is 0 Å². The molecule has 0 fully saturated rings. The Morgan fingerprint density at radius 1 is 0.605 bits per heavy atom. The number of aromatic hydroxyl groups is 1. The molecule has 0 amide bonds. The molecule has 0 spiro atoms. The van der Waals surface area contributed by atoms with E-state index in [1.165, 1.54) is 36.4 Å². The minimum atomic E-state index is -4.81. The molecule has 0 saturated carbocycles. The van der Waals surface area contributed by atoms with Gasteiger partial charge in [0.15, 0.2) is 5.75 Å². The molecule has 0 atom stereocenters. The van der Waals surface area contributed by atoms with Crippen LogP contribution in [0.15, 0.2) is 109 Å². The Balaban J connectivity index is 0.00000253. The molecule has 0 saturated heterocycles. The van der Waals surface area contributed by atoms with Crippen molar-refractivity contribution in [2.75, 3.05) is 11.5 Å². The number of fused-ring (bicyclic) bond motifs is 2. The van der Waals surface area contributed by atoms with Crippen molar-refractivity contribution < 1.29 is 31.0 Å². The van der Waals surface area contributed by atoms with Crippen molar-refractivity contribution in [1.29, 1.82) is 0 Å². The summed E-state index contributed by atoms with van der Waals surface area (Å²) in [6, 6.07) is 19.3. The number of hydrogen-bond donors (Lipinski definition) is 5. The predicted octanol–water partition coefficient (Wildman–Crippen LogP) is 5.43. The molecule has 5 aromatic rings. The number of anilines is 2. The molecule has 210 valence electrons. The Bertz CT molecular complexity index is 2160. The summed E-state index contributed by atoms with van der Waals surface area (Å²) in [6.07, 6.45) is 0. The van der Waals surface area contributed by atoms with Crippen molar-refractivity contribution in [3.8, 4) is 5.75 Å². The van der Waals surface area contributed by atoms with Gasteiger partial charge in [-0.05, 0) is 60.0 Å². The molecule has 13 nitrogen and oxygen atoms in total. The van der Waals surface area contributed by atoms with Gasteiger partial charge in [-0.25, -0.2) is 0 Å². The normalized spacial score (nSPS) is 12.0. The van der Waals surface area contributed by atoms with Gasteiger partial charge < -0.3 is 16.6 Å². The molecule has 0 unspecified atom stereocenters.